The number of aromatic nitrogens is 2. The highest BCUT2D eigenvalue weighted by atomic mass is 16.4. The fourth-order valence-electron chi connectivity index (χ4n) is 1.91. The molecule has 0 radical (unpaired) electrons. The van der Waals surface area contributed by atoms with Crippen LogP contribution in [0.4, 0.5) is 5.69 Å². The van der Waals surface area contributed by atoms with E-state index in [4.69, 9.17) is 4.42 Å². The second kappa shape index (κ2) is 5.17. The Morgan fingerprint density at radius 3 is 2.50 bits per heavy atom. The maximum atomic E-state index is 12.0. The molecule has 0 spiro atoms. The van der Waals surface area contributed by atoms with E-state index < -0.39 is 22.8 Å². The standard InChI is InChI=1S/C14H9N3O5/c18-10(7-4-2-1-3-5-7)15-9-6-8-11(19)16-14(21)17-12(8)22-13(9)20/h1-6H,(H,15,18)(H2,16,17,19,21). The molecule has 0 bridgehead atoms. The molecule has 0 aliphatic carbocycles. The average molecular weight is 299 g/mol. The lowest BCUT2D eigenvalue weighted by Gasteiger charge is -2.04. The summed E-state index contributed by atoms with van der Waals surface area (Å²) in [7, 11) is 0. The third-order valence-electron chi connectivity index (χ3n) is 2.93. The molecular formula is C14H9N3O5. The van der Waals surface area contributed by atoms with Gasteiger partial charge in [0.25, 0.3) is 11.5 Å². The number of nitrogens with one attached hydrogen (secondary N) is 3. The molecule has 2 aromatic heterocycles. The van der Waals surface area contributed by atoms with Gasteiger partial charge in [0.2, 0.25) is 5.71 Å². The summed E-state index contributed by atoms with van der Waals surface area (Å²) in [5.74, 6) is -0.520. The molecule has 0 fully saturated rings. The Morgan fingerprint density at radius 2 is 1.77 bits per heavy atom. The third kappa shape index (κ3) is 2.44. The molecule has 1 aromatic carbocycles. The Hall–Kier alpha value is -3.42. The number of carbonyl (C=O) groups excluding carboxylic acids is 1. The summed E-state index contributed by atoms with van der Waals surface area (Å²) in [4.78, 5) is 50.8. The van der Waals surface area contributed by atoms with E-state index in [0.717, 1.165) is 6.07 Å². The fourth-order valence-corrected chi connectivity index (χ4v) is 1.91. The highest BCUT2D eigenvalue weighted by Crippen LogP contribution is 2.10. The van der Waals surface area contributed by atoms with Crippen LogP contribution in [-0.4, -0.2) is 15.9 Å². The fraction of sp³-hybridized carbons (Fsp3) is 0. The number of carbonyl (C=O) groups is 1. The van der Waals surface area contributed by atoms with Gasteiger partial charge in [-0.25, -0.2) is 9.59 Å². The molecule has 0 atom stereocenters. The number of rotatable bonds is 2. The van der Waals surface area contributed by atoms with E-state index in [1.807, 2.05) is 4.98 Å². The topological polar surface area (TPSA) is 125 Å². The molecule has 110 valence electrons. The second-order valence-electron chi connectivity index (χ2n) is 4.42. The van der Waals surface area contributed by atoms with Crippen molar-refractivity contribution in [1.82, 2.24) is 9.97 Å². The maximum Gasteiger partial charge on any atom is 0.361 e. The van der Waals surface area contributed by atoms with Crippen molar-refractivity contribution in [2.24, 2.45) is 0 Å². The lowest BCUT2D eigenvalue weighted by molar-refractivity contribution is 0.102. The van der Waals surface area contributed by atoms with Crippen LogP contribution in [0.3, 0.4) is 0 Å². The van der Waals surface area contributed by atoms with E-state index in [0.29, 0.717) is 5.56 Å². The van der Waals surface area contributed by atoms with E-state index in [2.05, 4.69) is 10.3 Å². The Balaban J connectivity index is 2.07. The Bertz CT molecular complexity index is 1030. The van der Waals surface area contributed by atoms with Gasteiger partial charge >= 0.3 is 11.3 Å². The quantitative estimate of drug-likeness (QED) is 0.632. The molecule has 2 heterocycles. The number of aromatic amines is 2. The Labute approximate surface area is 121 Å². The van der Waals surface area contributed by atoms with Gasteiger partial charge in [-0.1, -0.05) is 18.2 Å². The number of hydrogen-bond donors (Lipinski definition) is 3. The molecular weight excluding hydrogens is 290 g/mol. The van der Waals surface area contributed by atoms with Crippen molar-refractivity contribution in [3.05, 3.63) is 73.2 Å². The van der Waals surface area contributed by atoms with Crippen molar-refractivity contribution < 1.29 is 9.21 Å². The van der Waals surface area contributed by atoms with E-state index in [1.165, 1.54) is 0 Å². The van der Waals surface area contributed by atoms with Crippen molar-refractivity contribution >= 4 is 22.7 Å². The van der Waals surface area contributed by atoms with Crippen LogP contribution >= 0.6 is 0 Å². The van der Waals surface area contributed by atoms with Crippen LogP contribution in [0.15, 0.2) is 55.2 Å². The molecule has 22 heavy (non-hydrogen) atoms. The largest absolute Gasteiger partial charge is 0.404 e. The van der Waals surface area contributed by atoms with E-state index in [-0.39, 0.29) is 16.8 Å². The van der Waals surface area contributed by atoms with Gasteiger partial charge in [-0.15, -0.1) is 0 Å². The summed E-state index contributed by atoms with van der Waals surface area (Å²) < 4.78 is 4.85. The average Bonchev–Trinajstić information content (AvgIpc) is 2.49. The van der Waals surface area contributed by atoms with Gasteiger partial charge in [-0.05, 0) is 18.2 Å². The van der Waals surface area contributed by atoms with Crippen molar-refractivity contribution in [1.29, 1.82) is 0 Å². The van der Waals surface area contributed by atoms with Crippen LogP contribution in [0.25, 0.3) is 11.1 Å². The molecule has 3 rings (SSSR count). The van der Waals surface area contributed by atoms with Crippen LogP contribution < -0.4 is 22.2 Å². The molecule has 1 amide bonds. The first kappa shape index (κ1) is 13.6. The molecule has 8 nitrogen and oxygen atoms in total. The van der Waals surface area contributed by atoms with Crippen molar-refractivity contribution in [3.8, 4) is 0 Å². The van der Waals surface area contributed by atoms with Gasteiger partial charge < -0.3 is 9.73 Å². The molecule has 0 aliphatic rings. The zero-order valence-electron chi connectivity index (χ0n) is 11.0. The van der Waals surface area contributed by atoms with Gasteiger partial charge in [0.1, 0.15) is 11.1 Å². The summed E-state index contributed by atoms with van der Waals surface area (Å²) in [6, 6.07) is 9.39. The van der Waals surface area contributed by atoms with Crippen LogP contribution in [0.5, 0.6) is 0 Å². The number of amides is 1. The van der Waals surface area contributed by atoms with E-state index >= 15 is 0 Å². The van der Waals surface area contributed by atoms with Gasteiger partial charge in [0.15, 0.2) is 0 Å². The third-order valence-corrected chi connectivity index (χ3v) is 2.93. The molecule has 3 N–H and O–H groups in total. The lowest BCUT2D eigenvalue weighted by Crippen LogP contribution is -2.24. The molecule has 0 unspecified atom stereocenters. The van der Waals surface area contributed by atoms with Crippen LogP contribution in [-0.2, 0) is 0 Å². The second-order valence-corrected chi connectivity index (χ2v) is 4.42. The number of benzene rings is 1. The predicted molar refractivity (Wildman–Crippen MR) is 78.1 cm³/mol. The molecule has 0 saturated carbocycles. The van der Waals surface area contributed by atoms with Crippen molar-refractivity contribution in [3.63, 3.8) is 0 Å². The van der Waals surface area contributed by atoms with Gasteiger partial charge in [0, 0.05) is 5.56 Å². The monoisotopic (exact) mass is 299 g/mol. The maximum absolute atomic E-state index is 12.0. The van der Waals surface area contributed by atoms with Crippen molar-refractivity contribution in [2.75, 3.05) is 5.32 Å². The van der Waals surface area contributed by atoms with Crippen LogP contribution in [0.1, 0.15) is 10.4 Å². The first-order valence-electron chi connectivity index (χ1n) is 6.21. The summed E-state index contributed by atoms with van der Waals surface area (Å²) in [6.45, 7) is 0. The smallest absolute Gasteiger partial charge is 0.361 e. The zero-order valence-corrected chi connectivity index (χ0v) is 11.0. The number of anilines is 1. The molecule has 0 saturated heterocycles. The minimum atomic E-state index is -0.877. The summed E-state index contributed by atoms with van der Waals surface area (Å²) in [5, 5.41) is 2.32. The van der Waals surface area contributed by atoms with Gasteiger partial charge in [-0.3, -0.25) is 19.6 Å². The predicted octanol–water partition coefficient (Wildman–Crippen LogP) is 0.422. The minimum Gasteiger partial charge on any atom is -0.404 e. The molecule has 3 aromatic rings. The first-order valence-corrected chi connectivity index (χ1v) is 6.21. The van der Waals surface area contributed by atoms with E-state index in [9.17, 15) is 19.2 Å². The summed E-state index contributed by atoms with van der Waals surface area (Å²) in [5.41, 5.74) is -2.50. The summed E-state index contributed by atoms with van der Waals surface area (Å²) >= 11 is 0. The normalized spacial score (nSPS) is 10.5. The summed E-state index contributed by atoms with van der Waals surface area (Å²) in [6.07, 6.45) is 0. The SMILES string of the molecule is O=C(Nc1cc2c(=O)[nH]c(=O)[nH]c2oc1=O)c1ccccc1. The van der Waals surface area contributed by atoms with E-state index in [1.54, 1.807) is 30.3 Å². The highest BCUT2D eigenvalue weighted by molar-refractivity contribution is 6.04. The van der Waals surface area contributed by atoms with Crippen LogP contribution in [0.2, 0.25) is 0 Å². The van der Waals surface area contributed by atoms with Gasteiger partial charge in [0.05, 0.1) is 0 Å². The number of fused-ring (bicyclic) bond motifs is 1. The minimum absolute atomic E-state index is 0.0532. The number of H-pyrrole nitrogens is 2. The van der Waals surface area contributed by atoms with Gasteiger partial charge in [-0.2, -0.15) is 0 Å². The Morgan fingerprint density at radius 1 is 1.05 bits per heavy atom. The van der Waals surface area contributed by atoms with Crippen molar-refractivity contribution in [2.45, 2.75) is 0 Å². The first-order chi connectivity index (χ1) is 10.5. The number of hydrogen-bond acceptors (Lipinski definition) is 5. The highest BCUT2D eigenvalue weighted by Gasteiger charge is 2.12. The lowest BCUT2D eigenvalue weighted by atomic mass is 10.2. The molecule has 0 aliphatic heterocycles. The van der Waals surface area contributed by atoms with Crippen LogP contribution in [0, 0.1) is 0 Å². The molecule has 8 heteroatoms. The zero-order chi connectivity index (χ0) is 15.7. The Kier molecular flexibility index (Phi) is 3.18.